The van der Waals surface area contributed by atoms with Gasteiger partial charge in [-0.25, -0.2) is 4.98 Å². The van der Waals surface area contributed by atoms with Gasteiger partial charge >= 0.3 is 0 Å². The number of aromatic nitrogens is 1. The number of para-hydroxylation sites is 1. The van der Waals surface area contributed by atoms with Crippen molar-refractivity contribution in [1.29, 1.82) is 0 Å². The molecule has 1 aliphatic rings. The molecule has 0 saturated heterocycles. The Morgan fingerprint density at radius 2 is 1.84 bits per heavy atom. The maximum Gasteiger partial charge on any atom is 0.255 e. The standard InChI is InChI=1S/C20H16ClN3O/c21-16-7-5-15(6-8-16)20(25)23-17-9-10-19(22-13-17)24-12-11-14-3-1-2-4-18(14)24/h1-10,13H,11-12H2,(H,23,25). The van der Waals surface area contributed by atoms with Gasteiger partial charge in [-0.15, -0.1) is 0 Å². The number of hydrogen-bond donors (Lipinski definition) is 1. The summed E-state index contributed by atoms with van der Waals surface area (Å²) in [5.41, 5.74) is 3.76. The largest absolute Gasteiger partial charge is 0.326 e. The highest BCUT2D eigenvalue weighted by atomic mass is 35.5. The first kappa shape index (κ1) is 15.7. The van der Waals surface area contributed by atoms with Crippen molar-refractivity contribution >= 4 is 34.7 Å². The molecule has 0 aliphatic carbocycles. The Morgan fingerprint density at radius 1 is 1.04 bits per heavy atom. The van der Waals surface area contributed by atoms with E-state index in [2.05, 4.69) is 33.4 Å². The number of amides is 1. The van der Waals surface area contributed by atoms with Crippen molar-refractivity contribution in [2.24, 2.45) is 0 Å². The first-order valence-electron chi connectivity index (χ1n) is 8.09. The van der Waals surface area contributed by atoms with Gasteiger partial charge < -0.3 is 10.2 Å². The van der Waals surface area contributed by atoms with Crippen LogP contribution in [0.4, 0.5) is 17.2 Å². The van der Waals surface area contributed by atoms with E-state index in [0.717, 1.165) is 18.8 Å². The molecule has 0 fully saturated rings. The predicted molar refractivity (Wildman–Crippen MR) is 101 cm³/mol. The van der Waals surface area contributed by atoms with Gasteiger partial charge in [0.05, 0.1) is 11.9 Å². The van der Waals surface area contributed by atoms with Gasteiger partial charge in [-0.3, -0.25) is 4.79 Å². The number of nitrogens with zero attached hydrogens (tertiary/aromatic N) is 2. The van der Waals surface area contributed by atoms with E-state index < -0.39 is 0 Å². The lowest BCUT2D eigenvalue weighted by Gasteiger charge is -2.18. The molecule has 1 N–H and O–H groups in total. The lowest BCUT2D eigenvalue weighted by atomic mass is 10.2. The highest BCUT2D eigenvalue weighted by Crippen LogP contribution is 2.33. The summed E-state index contributed by atoms with van der Waals surface area (Å²) in [6.07, 6.45) is 2.71. The molecule has 0 bridgehead atoms. The fraction of sp³-hybridized carbons (Fsp3) is 0.100. The molecule has 3 aromatic rings. The highest BCUT2D eigenvalue weighted by molar-refractivity contribution is 6.30. The quantitative estimate of drug-likeness (QED) is 0.746. The molecule has 1 aromatic heterocycles. The lowest BCUT2D eigenvalue weighted by molar-refractivity contribution is 0.102. The van der Waals surface area contributed by atoms with E-state index in [9.17, 15) is 4.79 Å². The van der Waals surface area contributed by atoms with Crippen molar-refractivity contribution in [2.75, 3.05) is 16.8 Å². The minimum absolute atomic E-state index is 0.183. The third kappa shape index (κ3) is 3.21. The zero-order valence-corrected chi connectivity index (χ0v) is 14.2. The molecule has 0 atom stereocenters. The minimum atomic E-state index is -0.183. The van der Waals surface area contributed by atoms with Crippen LogP contribution in [0.25, 0.3) is 0 Å². The molecule has 124 valence electrons. The average Bonchev–Trinajstić information content (AvgIpc) is 3.07. The van der Waals surface area contributed by atoms with Gasteiger partial charge in [0.25, 0.3) is 5.91 Å². The molecular weight excluding hydrogens is 334 g/mol. The molecule has 0 radical (unpaired) electrons. The molecule has 25 heavy (non-hydrogen) atoms. The molecular formula is C20H16ClN3O. The number of rotatable bonds is 3. The van der Waals surface area contributed by atoms with Crippen LogP contribution >= 0.6 is 11.6 Å². The maximum absolute atomic E-state index is 12.2. The van der Waals surface area contributed by atoms with Gasteiger partial charge in [0.15, 0.2) is 0 Å². The molecule has 4 nitrogen and oxygen atoms in total. The van der Waals surface area contributed by atoms with Gasteiger partial charge in [0.2, 0.25) is 0 Å². The number of pyridine rings is 1. The van der Waals surface area contributed by atoms with Gasteiger partial charge in [0, 0.05) is 22.8 Å². The van der Waals surface area contributed by atoms with Gasteiger partial charge in [0.1, 0.15) is 5.82 Å². The average molecular weight is 350 g/mol. The predicted octanol–water partition coefficient (Wildman–Crippen LogP) is 4.68. The summed E-state index contributed by atoms with van der Waals surface area (Å²) < 4.78 is 0. The van der Waals surface area contributed by atoms with Crippen LogP contribution in [0.1, 0.15) is 15.9 Å². The summed E-state index contributed by atoms with van der Waals surface area (Å²) in [7, 11) is 0. The normalized spacial score (nSPS) is 12.8. The van der Waals surface area contributed by atoms with E-state index in [1.165, 1.54) is 11.3 Å². The number of carbonyl (C=O) groups is 1. The van der Waals surface area contributed by atoms with E-state index in [0.29, 0.717) is 16.3 Å². The Labute approximate surface area is 151 Å². The second-order valence-electron chi connectivity index (χ2n) is 5.90. The monoisotopic (exact) mass is 349 g/mol. The van der Waals surface area contributed by atoms with Crippen LogP contribution < -0.4 is 10.2 Å². The van der Waals surface area contributed by atoms with Crippen LogP contribution in [0, 0.1) is 0 Å². The third-order valence-electron chi connectivity index (χ3n) is 4.28. The van der Waals surface area contributed by atoms with E-state index in [4.69, 9.17) is 11.6 Å². The summed E-state index contributed by atoms with van der Waals surface area (Å²) in [6.45, 7) is 0.919. The zero-order chi connectivity index (χ0) is 17.2. The van der Waals surface area contributed by atoms with Crippen LogP contribution in [0.3, 0.4) is 0 Å². The maximum atomic E-state index is 12.2. The first-order valence-corrected chi connectivity index (χ1v) is 8.47. The summed E-state index contributed by atoms with van der Waals surface area (Å²) in [5.74, 6) is 0.701. The number of halogens is 1. The first-order chi connectivity index (χ1) is 12.2. The van der Waals surface area contributed by atoms with E-state index >= 15 is 0 Å². The number of fused-ring (bicyclic) bond motifs is 1. The Bertz CT molecular complexity index is 907. The van der Waals surface area contributed by atoms with Crippen molar-refractivity contribution in [2.45, 2.75) is 6.42 Å². The number of benzene rings is 2. The number of anilines is 3. The zero-order valence-electron chi connectivity index (χ0n) is 13.4. The number of hydrogen-bond acceptors (Lipinski definition) is 3. The van der Waals surface area contributed by atoms with E-state index in [-0.39, 0.29) is 5.91 Å². The highest BCUT2D eigenvalue weighted by Gasteiger charge is 2.20. The Balaban J connectivity index is 1.49. The van der Waals surface area contributed by atoms with E-state index in [1.54, 1.807) is 30.5 Å². The third-order valence-corrected chi connectivity index (χ3v) is 4.53. The fourth-order valence-electron chi connectivity index (χ4n) is 3.00. The molecule has 2 aromatic carbocycles. The fourth-order valence-corrected chi connectivity index (χ4v) is 3.13. The van der Waals surface area contributed by atoms with Crippen LogP contribution in [0.15, 0.2) is 66.9 Å². The summed E-state index contributed by atoms with van der Waals surface area (Å²) >= 11 is 5.85. The SMILES string of the molecule is O=C(Nc1ccc(N2CCc3ccccc32)nc1)c1ccc(Cl)cc1. The van der Waals surface area contributed by atoms with Gasteiger partial charge in [-0.2, -0.15) is 0 Å². The Kier molecular flexibility index (Phi) is 4.12. The van der Waals surface area contributed by atoms with Crippen molar-refractivity contribution in [1.82, 2.24) is 4.98 Å². The second-order valence-corrected chi connectivity index (χ2v) is 6.33. The van der Waals surface area contributed by atoms with Crippen LogP contribution in [0.5, 0.6) is 0 Å². The van der Waals surface area contributed by atoms with Crippen LogP contribution in [-0.4, -0.2) is 17.4 Å². The molecule has 0 unspecified atom stereocenters. The summed E-state index contributed by atoms with van der Waals surface area (Å²) in [6, 6.07) is 18.9. The van der Waals surface area contributed by atoms with Crippen molar-refractivity contribution in [3.63, 3.8) is 0 Å². The topological polar surface area (TPSA) is 45.2 Å². The van der Waals surface area contributed by atoms with Gasteiger partial charge in [-0.05, 0) is 54.4 Å². The molecule has 5 heteroatoms. The molecule has 0 saturated carbocycles. The van der Waals surface area contributed by atoms with E-state index in [1.807, 2.05) is 18.2 Å². The Morgan fingerprint density at radius 3 is 2.60 bits per heavy atom. The van der Waals surface area contributed by atoms with Crippen LogP contribution in [-0.2, 0) is 6.42 Å². The number of carbonyl (C=O) groups excluding carboxylic acids is 1. The molecule has 0 spiro atoms. The van der Waals surface area contributed by atoms with Crippen molar-refractivity contribution in [3.05, 3.63) is 83.0 Å². The lowest BCUT2D eigenvalue weighted by Crippen LogP contribution is -2.15. The molecule has 4 rings (SSSR count). The summed E-state index contributed by atoms with van der Waals surface area (Å²) in [5, 5.41) is 3.46. The molecule has 2 heterocycles. The summed E-state index contributed by atoms with van der Waals surface area (Å²) in [4.78, 5) is 18.9. The van der Waals surface area contributed by atoms with Crippen LogP contribution in [0.2, 0.25) is 5.02 Å². The molecule has 1 aliphatic heterocycles. The van der Waals surface area contributed by atoms with Crippen molar-refractivity contribution in [3.8, 4) is 0 Å². The second kappa shape index (κ2) is 6.57. The van der Waals surface area contributed by atoms with Gasteiger partial charge in [-0.1, -0.05) is 29.8 Å². The Hall–Kier alpha value is -2.85. The smallest absolute Gasteiger partial charge is 0.255 e. The number of nitrogens with one attached hydrogen (secondary N) is 1. The van der Waals surface area contributed by atoms with Crippen molar-refractivity contribution < 1.29 is 4.79 Å². The minimum Gasteiger partial charge on any atom is -0.326 e. The molecule has 1 amide bonds.